The van der Waals surface area contributed by atoms with E-state index in [1.165, 1.54) is 36.9 Å². The number of rotatable bonds is 8. The molecule has 3 aromatic heterocycles. The molecule has 8 aromatic carbocycles. The van der Waals surface area contributed by atoms with Crippen molar-refractivity contribution in [3.8, 4) is 90.1 Å². The standard InChI is InChI=1S/C56H36N4S/c1-5-14-39(15-6-1)48-35-50(59-55(57-48)43-18-9-3-10-19-43)41-28-24-37(25-29-41)45-32-33-47-53(34-45)61-52-23-13-22-46(54(47)52)38-26-30-42(31-27-38)51-36-49(40-16-7-2-8-17-40)58-56(60-51)44-20-11-4-12-21-44/h1-36H. The van der Waals surface area contributed by atoms with Crippen LogP contribution in [-0.2, 0) is 0 Å². The van der Waals surface area contributed by atoms with E-state index in [1.807, 2.05) is 84.1 Å². The highest BCUT2D eigenvalue weighted by molar-refractivity contribution is 7.26. The van der Waals surface area contributed by atoms with E-state index in [2.05, 4.69) is 146 Å². The highest BCUT2D eigenvalue weighted by Gasteiger charge is 2.15. The fourth-order valence-electron chi connectivity index (χ4n) is 8.04. The number of fused-ring (bicyclic) bond motifs is 3. The lowest BCUT2D eigenvalue weighted by Crippen LogP contribution is -1.95. The fourth-order valence-corrected chi connectivity index (χ4v) is 9.21. The van der Waals surface area contributed by atoms with E-state index in [4.69, 9.17) is 19.9 Å². The van der Waals surface area contributed by atoms with Crippen LogP contribution in [0.4, 0.5) is 0 Å². The van der Waals surface area contributed by atoms with Crippen LogP contribution in [0.2, 0.25) is 0 Å². The summed E-state index contributed by atoms with van der Waals surface area (Å²) in [5, 5.41) is 2.54. The van der Waals surface area contributed by atoms with Crippen molar-refractivity contribution in [2.45, 2.75) is 0 Å². The van der Waals surface area contributed by atoms with Crippen LogP contribution in [0, 0.1) is 0 Å². The molecule has 0 radical (unpaired) electrons. The van der Waals surface area contributed by atoms with Gasteiger partial charge in [-0.15, -0.1) is 11.3 Å². The van der Waals surface area contributed by atoms with Gasteiger partial charge in [0.05, 0.1) is 22.8 Å². The van der Waals surface area contributed by atoms with Crippen molar-refractivity contribution in [2.24, 2.45) is 0 Å². The second-order valence-electron chi connectivity index (χ2n) is 15.0. The van der Waals surface area contributed by atoms with Crippen LogP contribution >= 0.6 is 11.3 Å². The summed E-state index contributed by atoms with van der Waals surface area (Å²) in [6.45, 7) is 0. The summed E-state index contributed by atoms with van der Waals surface area (Å²) in [5.41, 5.74) is 14.5. The third-order valence-corrected chi connectivity index (χ3v) is 12.3. The van der Waals surface area contributed by atoms with E-state index >= 15 is 0 Å². The average molecular weight is 797 g/mol. The summed E-state index contributed by atoms with van der Waals surface area (Å²) in [6.07, 6.45) is 0. The minimum atomic E-state index is 0.714. The first kappa shape index (κ1) is 36.2. The molecule has 11 aromatic rings. The van der Waals surface area contributed by atoms with E-state index < -0.39 is 0 Å². The quantitative estimate of drug-likeness (QED) is 0.154. The van der Waals surface area contributed by atoms with Gasteiger partial charge in [-0.2, -0.15) is 0 Å². The molecule has 0 fully saturated rings. The Bertz CT molecular complexity index is 3200. The lowest BCUT2D eigenvalue weighted by Gasteiger charge is -2.11. The molecule has 5 heteroatoms. The second-order valence-corrected chi connectivity index (χ2v) is 16.1. The topological polar surface area (TPSA) is 51.6 Å². The molecule has 0 amide bonds. The van der Waals surface area contributed by atoms with Crippen LogP contribution in [0.3, 0.4) is 0 Å². The zero-order valence-corrected chi connectivity index (χ0v) is 33.8. The summed E-state index contributed by atoms with van der Waals surface area (Å²) in [6, 6.07) is 76.3. The summed E-state index contributed by atoms with van der Waals surface area (Å²) >= 11 is 1.84. The van der Waals surface area contributed by atoms with E-state index in [1.54, 1.807) is 0 Å². The molecule has 4 nitrogen and oxygen atoms in total. The van der Waals surface area contributed by atoms with E-state index in [0.717, 1.165) is 61.7 Å². The van der Waals surface area contributed by atoms with Crippen LogP contribution in [0.25, 0.3) is 110 Å². The van der Waals surface area contributed by atoms with Crippen LogP contribution < -0.4 is 0 Å². The molecule has 0 N–H and O–H groups in total. The normalized spacial score (nSPS) is 11.3. The molecule has 0 saturated heterocycles. The van der Waals surface area contributed by atoms with Crippen molar-refractivity contribution >= 4 is 31.5 Å². The summed E-state index contributed by atoms with van der Waals surface area (Å²) in [7, 11) is 0. The SMILES string of the molecule is c1ccc(-c2cc(-c3ccc(-c4ccc5c(c4)sc4cccc(-c6ccc(-c7cc(-c8ccccc8)nc(-c8ccccc8)n7)cc6)c45)cc3)nc(-c3ccccc3)n2)cc1. The third kappa shape index (κ3) is 7.18. The van der Waals surface area contributed by atoms with Crippen LogP contribution in [0.1, 0.15) is 0 Å². The summed E-state index contributed by atoms with van der Waals surface area (Å²) < 4.78 is 2.53. The van der Waals surface area contributed by atoms with Gasteiger partial charge in [0.25, 0.3) is 0 Å². The lowest BCUT2D eigenvalue weighted by atomic mass is 9.96. The van der Waals surface area contributed by atoms with Gasteiger partial charge in [0, 0.05) is 53.6 Å². The Morgan fingerprint density at radius 2 is 0.656 bits per heavy atom. The monoisotopic (exact) mass is 796 g/mol. The predicted molar refractivity (Wildman–Crippen MR) is 254 cm³/mol. The van der Waals surface area contributed by atoms with Crippen molar-refractivity contribution in [2.75, 3.05) is 0 Å². The molecule has 0 aliphatic heterocycles. The highest BCUT2D eigenvalue weighted by Crippen LogP contribution is 2.42. The molecule has 0 bridgehead atoms. The van der Waals surface area contributed by atoms with E-state index in [0.29, 0.717) is 11.6 Å². The third-order valence-electron chi connectivity index (χ3n) is 11.2. The van der Waals surface area contributed by atoms with Crippen molar-refractivity contribution in [3.05, 3.63) is 218 Å². The number of aromatic nitrogens is 4. The van der Waals surface area contributed by atoms with Crippen molar-refractivity contribution < 1.29 is 0 Å². The molecule has 0 aliphatic rings. The van der Waals surface area contributed by atoms with Crippen molar-refractivity contribution in [1.29, 1.82) is 0 Å². The minimum Gasteiger partial charge on any atom is -0.228 e. The van der Waals surface area contributed by atoms with Crippen molar-refractivity contribution in [1.82, 2.24) is 19.9 Å². The van der Waals surface area contributed by atoms with Crippen LogP contribution in [0.15, 0.2) is 218 Å². The molecule has 0 spiro atoms. The number of benzene rings is 8. The average Bonchev–Trinajstić information content (AvgIpc) is 3.73. The summed E-state index contributed by atoms with van der Waals surface area (Å²) in [5.74, 6) is 1.43. The molecule has 0 saturated carbocycles. The van der Waals surface area contributed by atoms with Gasteiger partial charge in [-0.25, -0.2) is 19.9 Å². The number of hydrogen-bond donors (Lipinski definition) is 0. The highest BCUT2D eigenvalue weighted by atomic mass is 32.1. The maximum Gasteiger partial charge on any atom is 0.160 e. The van der Waals surface area contributed by atoms with Gasteiger partial charge in [-0.3, -0.25) is 0 Å². The van der Waals surface area contributed by atoms with Gasteiger partial charge >= 0.3 is 0 Å². The van der Waals surface area contributed by atoms with Gasteiger partial charge in [0.2, 0.25) is 0 Å². The molecular formula is C56H36N4S. The van der Waals surface area contributed by atoms with Gasteiger partial charge < -0.3 is 0 Å². The lowest BCUT2D eigenvalue weighted by molar-refractivity contribution is 1.18. The fraction of sp³-hybridized carbons (Fsp3) is 0. The molecule has 0 unspecified atom stereocenters. The number of hydrogen-bond acceptors (Lipinski definition) is 5. The van der Waals surface area contributed by atoms with Gasteiger partial charge in [-0.1, -0.05) is 194 Å². The Balaban J connectivity index is 0.911. The molecule has 286 valence electrons. The zero-order valence-electron chi connectivity index (χ0n) is 33.0. The van der Waals surface area contributed by atoms with Gasteiger partial charge in [-0.05, 0) is 46.5 Å². The molecule has 3 heterocycles. The summed E-state index contributed by atoms with van der Waals surface area (Å²) in [4.78, 5) is 20.0. The molecule has 61 heavy (non-hydrogen) atoms. The first-order valence-corrected chi connectivity index (χ1v) is 21.2. The smallest absolute Gasteiger partial charge is 0.160 e. The molecule has 0 atom stereocenters. The molecular weight excluding hydrogens is 761 g/mol. The van der Waals surface area contributed by atoms with Gasteiger partial charge in [0.1, 0.15) is 0 Å². The maximum atomic E-state index is 5.05. The first-order valence-electron chi connectivity index (χ1n) is 20.4. The minimum absolute atomic E-state index is 0.714. The van der Waals surface area contributed by atoms with E-state index in [9.17, 15) is 0 Å². The Morgan fingerprint density at radius 3 is 1.13 bits per heavy atom. The van der Waals surface area contributed by atoms with Crippen LogP contribution in [0.5, 0.6) is 0 Å². The first-order chi connectivity index (χ1) is 30.2. The predicted octanol–water partition coefficient (Wildman–Crippen LogP) is 15.0. The molecule has 0 aliphatic carbocycles. The Kier molecular flexibility index (Phi) is 9.34. The van der Waals surface area contributed by atoms with Crippen molar-refractivity contribution in [3.63, 3.8) is 0 Å². The van der Waals surface area contributed by atoms with E-state index in [-0.39, 0.29) is 0 Å². The Morgan fingerprint density at radius 1 is 0.262 bits per heavy atom. The van der Waals surface area contributed by atoms with Gasteiger partial charge in [0.15, 0.2) is 11.6 Å². The van der Waals surface area contributed by atoms with Crippen LogP contribution in [-0.4, -0.2) is 19.9 Å². The molecule has 11 rings (SSSR count). The largest absolute Gasteiger partial charge is 0.228 e. The number of thiophene rings is 1. The zero-order chi connectivity index (χ0) is 40.5. The Hall–Kier alpha value is -7.86. The Labute approximate surface area is 358 Å². The maximum absolute atomic E-state index is 5.05. The number of nitrogens with zero attached hydrogens (tertiary/aromatic N) is 4. The second kappa shape index (κ2) is 15.7.